The van der Waals surface area contributed by atoms with Crippen LogP contribution in [0, 0.1) is 0 Å². The van der Waals surface area contributed by atoms with Gasteiger partial charge in [0.15, 0.2) is 0 Å². The van der Waals surface area contributed by atoms with E-state index in [0.29, 0.717) is 5.56 Å². The molecule has 2 aromatic rings. The van der Waals surface area contributed by atoms with E-state index in [0.717, 1.165) is 0 Å². The molecule has 6 heteroatoms. The Morgan fingerprint density at radius 2 is 1.62 bits per heavy atom. The van der Waals surface area contributed by atoms with Crippen molar-refractivity contribution in [3.8, 4) is 5.75 Å². The molecule has 0 aliphatic carbocycles. The molecule has 0 radical (unpaired) electrons. The third-order valence-corrected chi connectivity index (χ3v) is 4.31. The molecule has 1 amide bonds. The van der Waals surface area contributed by atoms with Crippen molar-refractivity contribution in [1.82, 2.24) is 0 Å². The van der Waals surface area contributed by atoms with Crippen molar-refractivity contribution in [2.75, 3.05) is 0 Å². The number of hydrogen-bond donors (Lipinski definition) is 1. The van der Waals surface area contributed by atoms with Gasteiger partial charge >= 0.3 is 10.1 Å². The number of hydrogen-bond acceptors (Lipinski definition) is 4. The normalized spacial score (nSPS) is 12.6. The summed E-state index contributed by atoms with van der Waals surface area (Å²) in [6, 6.07) is 14.1. The third-order valence-electron chi connectivity index (χ3n) is 3.04. The molecule has 0 spiro atoms. The Morgan fingerprint density at radius 1 is 1.05 bits per heavy atom. The van der Waals surface area contributed by atoms with Crippen LogP contribution in [0.25, 0.3) is 0 Å². The number of amides is 1. The van der Waals surface area contributed by atoms with Crippen LogP contribution in [0.1, 0.15) is 18.4 Å². The second kappa shape index (κ2) is 5.97. The molecular weight excluding hydrogens is 290 g/mol. The van der Waals surface area contributed by atoms with E-state index in [9.17, 15) is 13.2 Å². The summed E-state index contributed by atoms with van der Waals surface area (Å²) in [5.74, 6) is -0.704. The number of carbonyl (C=O) groups excluding carboxylic acids is 1. The van der Waals surface area contributed by atoms with Crippen LogP contribution in [0.3, 0.4) is 0 Å². The molecule has 110 valence electrons. The largest absolute Gasteiger partial charge is 0.379 e. The van der Waals surface area contributed by atoms with Crippen LogP contribution in [0.2, 0.25) is 0 Å². The van der Waals surface area contributed by atoms with Gasteiger partial charge in [0, 0.05) is 0 Å². The molecule has 0 aliphatic heterocycles. The van der Waals surface area contributed by atoms with Crippen LogP contribution in [0.15, 0.2) is 59.5 Å². The quantitative estimate of drug-likeness (QED) is 0.856. The van der Waals surface area contributed by atoms with Crippen molar-refractivity contribution in [2.24, 2.45) is 5.73 Å². The van der Waals surface area contributed by atoms with Crippen molar-refractivity contribution in [2.45, 2.75) is 17.7 Å². The van der Waals surface area contributed by atoms with Crippen LogP contribution in [0.5, 0.6) is 5.75 Å². The highest BCUT2D eigenvalue weighted by Crippen LogP contribution is 2.22. The van der Waals surface area contributed by atoms with Gasteiger partial charge in [0.1, 0.15) is 10.6 Å². The molecule has 2 N–H and O–H groups in total. The Hall–Kier alpha value is -2.34. The van der Waals surface area contributed by atoms with E-state index < -0.39 is 21.9 Å². The van der Waals surface area contributed by atoms with Gasteiger partial charge in [-0.3, -0.25) is 4.79 Å². The molecule has 0 saturated heterocycles. The van der Waals surface area contributed by atoms with Gasteiger partial charge in [-0.25, -0.2) is 0 Å². The molecule has 0 fully saturated rings. The molecule has 2 aromatic carbocycles. The van der Waals surface area contributed by atoms with Crippen molar-refractivity contribution < 1.29 is 17.4 Å². The fourth-order valence-electron chi connectivity index (χ4n) is 1.74. The second-order valence-electron chi connectivity index (χ2n) is 4.54. The fraction of sp³-hybridized carbons (Fsp3) is 0.133. The summed E-state index contributed by atoms with van der Waals surface area (Å²) in [5.41, 5.74) is 5.92. The van der Waals surface area contributed by atoms with E-state index in [1.54, 1.807) is 37.3 Å². The topological polar surface area (TPSA) is 86.5 Å². The van der Waals surface area contributed by atoms with Crippen LogP contribution < -0.4 is 9.92 Å². The number of carbonyl (C=O) groups is 1. The van der Waals surface area contributed by atoms with Gasteiger partial charge in [0.05, 0.1) is 5.92 Å². The summed E-state index contributed by atoms with van der Waals surface area (Å²) >= 11 is 0. The van der Waals surface area contributed by atoms with E-state index in [-0.39, 0.29) is 10.6 Å². The monoisotopic (exact) mass is 305 g/mol. The first-order chi connectivity index (χ1) is 9.90. The van der Waals surface area contributed by atoms with Gasteiger partial charge in [-0.15, -0.1) is 0 Å². The Balaban J connectivity index is 2.19. The molecule has 0 bridgehead atoms. The zero-order valence-electron chi connectivity index (χ0n) is 11.4. The van der Waals surface area contributed by atoms with E-state index in [4.69, 9.17) is 9.92 Å². The van der Waals surface area contributed by atoms with Crippen molar-refractivity contribution in [1.29, 1.82) is 0 Å². The Kier molecular flexibility index (Phi) is 4.28. The van der Waals surface area contributed by atoms with Gasteiger partial charge in [-0.1, -0.05) is 30.3 Å². The first-order valence-corrected chi connectivity index (χ1v) is 7.70. The summed E-state index contributed by atoms with van der Waals surface area (Å²) in [7, 11) is -3.85. The summed E-state index contributed by atoms with van der Waals surface area (Å²) in [6.07, 6.45) is 0. The number of rotatable bonds is 5. The SMILES string of the molecule is CC(C(N)=O)c1ccc(OS(=O)(=O)c2ccccc2)cc1. The second-order valence-corrected chi connectivity index (χ2v) is 6.09. The maximum absolute atomic E-state index is 12.0. The highest BCUT2D eigenvalue weighted by atomic mass is 32.2. The predicted octanol–water partition coefficient (Wildman–Crippen LogP) is 2.04. The van der Waals surface area contributed by atoms with Crippen molar-refractivity contribution >= 4 is 16.0 Å². The van der Waals surface area contributed by atoms with Crippen LogP contribution in [-0.4, -0.2) is 14.3 Å². The standard InChI is InChI=1S/C15H15NO4S/c1-11(15(16)17)12-7-9-13(10-8-12)20-21(18,19)14-5-3-2-4-6-14/h2-11H,1H3,(H2,16,17). The van der Waals surface area contributed by atoms with Gasteiger partial charge in [-0.05, 0) is 36.8 Å². The first-order valence-electron chi connectivity index (χ1n) is 6.29. The zero-order chi connectivity index (χ0) is 15.5. The molecule has 0 saturated carbocycles. The minimum Gasteiger partial charge on any atom is -0.379 e. The van der Waals surface area contributed by atoms with Gasteiger partial charge in [0.2, 0.25) is 5.91 Å². The summed E-state index contributed by atoms with van der Waals surface area (Å²) in [5, 5.41) is 0. The first kappa shape index (κ1) is 15.1. The third kappa shape index (κ3) is 3.61. The van der Waals surface area contributed by atoms with E-state index >= 15 is 0 Å². The molecule has 0 aliphatic rings. The highest BCUT2D eigenvalue weighted by molar-refractivity contribution is 7.87. The van der Waals surface area contributed by atoms with Crippen molar-refractivity contribution in [3.05, 3.63) is 60.2 Å². The minimum atomic E-state index is -3.85. The molecule has 0 heterocycles. The van der Waals surface area contributed by atoms with E-state index in [2.05, 4.69) is 0 Å². The Labute approximate surface area is 123 Å². The molecule has 1 unspecified atom stereocenters. The van der Waals surface area contributed by atoms with E-state index in [1.807, 2.05) is 0 Å². The Bertz CT molecular complexity index is 724. The van der Waals surface area contributed by atoms with Crippen molar-refractivity contribution in [3.63, 3.8) is 0 Å². The van der Waals surface area contributed by atoms with Crippen LogP contribution >= 0.6 is 0 Å². The lowest BCUT2D eigenvalue weighted by Crippen LogP contribution is -2.18. The van der Waals surface area contributed by atoms with E-state index in [1.165, 1.54) is 24.3 Å². The molecule has 2 rings (SSSR count). The average molecular weight is 305 g/mol. The zero-order valence-corrected chi connectivity index (χ0v) is 12.2. The van der Waals surface area contributed by atoms with Gasteiger partial charge in [-0.2, -0.15) is 8.42 Å². The molecule has 1 atom stereocenters. The lowest BCUT2D eigenvalue weighted by atomic mass is 10.0. The van der Waals surface area contributed by atoms with Crippen LogP contribution in [0.4, 0.5) is 0 Å². The fourth-order valence-corrected chi connectivity index (χ4v) is 2.69. The summed E-state index contributed by atoms with van der Waals surface area (Å²) < 4.78 is 29.1. The maximum Gasteiger partial charge on any atom is 0.339 e. The summed E-state index contributed by atoms with van der Waals surface area (Å²) in [4.78, 5) is 11.2. The molecule has 0 aromatic heterocycles. The number of benzene rings is 2. The Morgan fingerprint density at radius 3 is 2.14 bits per heavy atom. The highest BCUT2D eigenvalue weighted by Gasteiger charge is 2.17. The molecule has 21 heavy (non-hydrogen) atoms. The lowest BCUT2D eigenvalue weighted by molar-refractivity contribution is -0.119. The average Bonchev–Trinajstić information content (AvgIpc) is 2.48. The van der Waals surface area contributed by atoms with Gasteiger partial charge < -0.3 is 9.92 Å². The molecular formula is C15H15NO4S. The van der Waals surface area contributed by atoms with Crippen LogP contribution in [-0.2, 0) is 14.9 Å². The lowest BCUT2D eigenvalue weighted by Gasteiger charge is -2.10. The predicted molar refractivity (Wildman–Crippen MR) is 78.3 cm³/mol. The molecule has 5 nitrogen and oxygen atoms in total. The van der Waals surface area contributed by atoms with Gasteiger partial charge in [0.25, 0.3) is 0 Å². The number of primary amides is 1. The minimum absolute atomic E-state index is 0.0829. The smallest absolute Gasteiger partial charge is 0.339 e. The maximum atomic E-state index is 12.0. The summed E-state index contributed by atoms with van der Waals surface area (Å²) in [6.45, 7) is 1.68. The number of nitrogens with two attached hydrogens (primary N) is 1.